The standard InChI is InChI=1S/C15H25NO2S/c1-5-19-7-6-12(2)16-11-13-8-14(17-3)10-15(9-13)18-4/h8-10,12,16H,5-7,11H2,1-4H3. The molecule has 0 aromatic heterocycles. The van der Waals surface area contributed by atoms with Gasteiger partial charge in [0.05, 0.1) is 14.2 Å². The summed E-state index contributed by atoms with van der Waals surface area (Å²) in [6, 6.07) is 6.51. The maximum atomic E-state index is 5.27. The summed E-state index contributed by atoms with van der Waals surface area (Å²) >= 11 is 1.99. The minimum absolute atomic E-state index is 0.524. The zero-order chi connectivity index (χ0) is 14.1. The van der Waals surface area contributed by atoms with Crippen molar-refractivity contribution in [2.45, 2.75) is 32.9 Å². The Morgan fingerprint density at radius 3 is 2.32 bits per heavy atom. The van der Waals surface area contributed by atoms with Crippen LogP contribution in [-0.2, 0) is 6.54 Å². The van der Waals surface area contributed by atoms with E-state index in [1.807, 2.05) is 30.0 Å². The molecule has 1 rings (SSSR count). The highest BCUT2D eigenvalue weighted by atomic mass is 32.2. The molecule has 0 aliphatic heterocycles. The lowest BCUT2D eigenvalue weighted by Crippen LogP contribution is -2.26. The summed E-state index contributed by atoms with van der Waals surface area (Å²) < 4.78 is 10.5. The molecule has 0 heterocycles. The average molecular weight is 283 g/mol. The molecule has 108 valence electrons. The first-order valence-corrected chi connectivity index (χ1v) is 7.88. The van der Waals surface area contributed by atoms with E-state index in [1.165, 1.54) is 23.5 Å². The van der Waals surface area contributed by atoms with Crippen LogP contribution < -0.4 is 14.8 Å². The van der Waals surface area contributed by atoms with Crippen LogP contribution >= 0.6 is 11.8 Å². The number of thioether (sulfide) groups is 1. The van der Waals surface area contributed by atoms with Crippen molar-refractivity contribution < 1.29 is 9.47 Å². The van der Waals surface area contributed by atoms with Gasteiger partial charge in [-0.15, -0.1) is 0 Å². The molecule has 0 aliphatic rings. The molecular weight excluding hydrogens is 258 g/mol. The number of hydrogen-bond donors (Lipinski definition) is 1. The third-order valence-electron chi connectivity index (χ3n) is 2.97. The van der Waals surface area contributed by atoms with Gasteiger partial charge in [0.25, 0.3) is 0 Å². The van der Waals surface area contributed by atoms with Crippen LogP contribution in [0.1, 0.15) is 25.8 Å². The highest BCUT2D eigenvalue weighted by molar-refractivity contribution is 7.99. The molecule has 0 radical (unpaired) electrons. The molecule has 1 N–H and O–H groups in total. The van der Waals surface area contributed by atoms with E-state index < -0.39 is 0 Å². The fraction of sp³-hybridized carbons (Fsp3) is 0.600. The summed E-state index contributed by atoms with van der Waals surface area (Å²) in [5.41, 5.74) is 1.19. The van der Waals surface area contributed by atoms with Crippen LogP contribution in [0.5, 0.6) is 11.5 Å². The van der Waals surface area contributed by atoms with E-state index >= 15 is 0 Å². The van der Waals surface area contributed by atoms with E-state index in [1.54, 1.807) is 14.2 Å². The Labute approximate surface area is 121 Å². The minimum atomic E-state index is 0.524. The highest BCUT2D eigenvalue weighted by Gasteiger charge is 2.04. The molecule has 1 aromatic rings. The predicted octanol–water partition coefficient (Wildman–Crippen LogP) is 3.33. The lowest BCUT2D eigenvalue weighted by Gasteiger charge is -2.14. The molecule has 3 nitrogen and oxygen atoms in total. The summed E-state index contributed by atoms with van der Waals surface area (Å²) in [7, 11) is 3.35. The minimum Gasteiger partial charge on any atom is -0.497 e. The van der Waals surface area contributed by atoms with Gasteiger partial charge in [-0.1, -0.05) is 6.92 Å². The van der Waals surface area contributed by atoms with Gasteiger partial charge in [-0.2, -0.15) is 11.8 Å². The van der Waals surface area contributed by atoms with Gasteiger partial charge >= 0.3 is 0 Å². The fourth-order valence-electron chi connectivity index (χ4n) is 1.77. The zero-order valence-electron chi connectivity index (χ0n) is 12.4. The zero-order valence-corrected chi connectivity index (χ0v) is 13.2. The van der Waals surface area contributed by atoms with Crippen molar-refractivity contribution >= 4 is 11.8 Å². The van der Waals surface area contributed by atoms with Gasteiger partial charge in [0.1, 0.15) is 11.5 Å². The average Bonchev–Trinajstić information content (AvgIpc) is 2.45. The SMILES string of the molecule is CCSCCC(C)NCc1cc(OC)cc(OC)c1. The van der Waals surface area contributed by atoms with Gasteiger partial charge in [-0.3, -0.25) is 0 Å². The molecule has 19 heavy (non-hydrogen) atoms. The van der Waals surface area contributed by atoms with Crippen LogP contribution in [0.25, 0.3) is 0 Å². The van der Waals surface area contributed by atoms with Gasteiger partial charge in [0.2, 0.25) is 0 Å². The second-order valence-corrected chi connectivity index (χ2v) is 5.88. The smallest absolute Gasteiger partial charge is 0.122 e. The van der Waals surface area contributed by atoms with Crippen molar-refractivity contribution in [1.82, 2.24) is 5.32 Å². The molecule has 0 aliphatic carbocycles. The van der Waals surface area contributed by atoms with Crippen LogP contribution in [0.4, 0.5) is 0 Å². The fourth-order valence-corrected chi connectivity index (χ4v) is 2.58. The van der Waals surface area contributed by atoms with Gasteiger partial charge in [0, 0.05) is 18.7 Å². The summed E-state index contributed by atoms with van der Waals surface area (Å²) in [5.74, 6) is 4.09. The number of nitrogens with one attached hydrogen (secondary N) is 1. The summed E-state index contributed by atoms with van der Waals surface area (Å²) in [6.07, 6.45) is 1.19. The van der Waals surface area contributed by atoms with Crippen molar-refractivity contribution in [3.8, 4) is 11.5 Å². The quantitative estimate of drug-likeness (QED) is 0.704. The van der Waals surface area contributed by atoms with Crippen molar-refractivity contribution in [2.24, 2.45) is 0 Å². The number of methoxy groups -OCH3 is 2. The largest absolute Gasteiger partial charge is 0.497 e. The molecule has 1 aromatic carbocycles. The Hall–Kier alpha value is -0.870. The highest BCUT2D eigenvalue weighted by Crippen LogP contribution is 2.22. The number of hydrogen-bond acceptors (Lipinski definition) is 4. The van der Waals surface area contributed by atoms with Crippen LogP contribution in [0.3, 0.4) is 0 Å². The lowest BCUT2D eigenvalue weighted by molar-refractivity contribution is 0.392. The molecule has 0 saturated carbocycles. The van der Waals surface area contributed by atoms with Crippen molar-refractivity contribution in [3.05, 3.63) is 23.8 Å². The Balaban J connectivity index is 2.47. The number of ether oxygens (including phenoxy) is 2. The van der Waals surface area contributed by atoms with Crippen LogP contribution in [0, 0.1) is 0 Å². The molecule has 0 fully saturated rings. The van der Waals surface area contributed by atoms with Crippen LogP contribution in [-0.4, -0.2) is 31.8 Å². The first-order valence-electron chi connectivity index (χ1n) is 6.72. The summed E-state index contributed by atoms with van der Waals surface area (Å²) in [4.78, 5) is 0. The maximum Gasteiger partial charge on any atom is 0.122 e. The normalized spacial score (nSPS) is 12.2. The summed E-state index contributed by atoms with van der Waals surface area (Å²) in [6.45, 7) is 5.27. The molecule has 0 bridgehead atoms. The predicted molar refractivity (Wildman–Crippen MR) is 83.5 cm³/mol. The van der Waals surface area contributed by atoms with E-state index in [4.69, 9.17) is 9.47 Å². The molecule has 0 saturated heterocycles. The molecule has 4 heteroatoms. The molecule has 1 unspecified atom stereocenters. The van der Waals surface area contributed by atoms with E-state index in [-0.39, 0.29) is 0 Å². The van der Waals surface area contributed by atoms with E-state index in [0.29, 0.717) is 6.04 Å². The van der Waals surface area contributed by atoms with Gasteiger partial charge in [-0.25, -0.2) is 0 Å². The van der Waals surface area contributed by atoms with Gasteiger partial charge in [0.15, 0.2) is 0 Å². The van der Waals surface area contributed by atoms with Crippen molar-refractivity contribution in [2.75, 3.05) is 25.7 Å². The molecule has 1 atom stereocenters. The summed E-state index contributed by atoms with van der Waals surface area (Å²) in [5, 5.41) is 3.54. The molecule has 0 amide bonds. The lowest BCUT2D eigenvalue weighted by atomic mass is 10.1. The third kappa shape index (κ3) is 6.21. The maximum absolute atomic E-state index is 5.27. The van der Waals surface area contributed by atoms with Crippen LogP contribution in [0.15, 0.2) is 18.2 Å². The van der Waals surface area contributed by atoms with Crippen molar-refractivity contribution in [1.29, 1.82) is 0 Å². The van der Waals surface area contributed by atoms with E-state index in [2.05, 4.69) is 19.2 Å². The Bertz CT molecular complexity index is 349. The monoisotopic (exact) mass is 283 g/mol. The topological polar surface area (TPSA) is 30.5 Å². The molecular formula is C15H25NO2S. The number of rotatable bonds is 9. The number of benzene rings is 1. The first kappa shape index (κ1) is 16.2. The van der Waals surface area contributed by atoms with Crippen LogP contribution in [0.2, 0.25) is 0 Å². The Morgan fingerprint density at radius 1 is 1.16 bits per heavy atom. The van der Waals surface area contributed by atoms with E-state index in [0.717, 1.165) is 18.0 Å². The Kier molecular flexibility index (Phi) is 7.75. The van der Waals surface area contributed by atoms with Crippen molar-refractivity contribution in [3.63, 3.8) is 0 Å². The molecule has 0 spiro atoms. The van der Waals surface area contributed by atoms with E-state index in [9.17, 15) is 0 Å². The van der Waals surface area contributed by atoms with Gasteiger partial charge in [-0.05, 0) is 42.5 Å². The second-order valence-electron chi connectivity index (χ2n) is 4.49. The Morgan fingerprint density at radius 2 is 1.79 bits per heavy atom. The second kappa shape index (κ2) is 9.10. The van der Waals surface area contributed by atoms with Gasteiger partial charge < -0.3 is 14.8 Å². The third-order valence-corrected chi connectivity index (χ3v) is 3.90. The first-order chi connectivity index (χ1) is 9.19.